The lowest BCUT2D eigenvalue weighted by Gasteiger charge is -2.30. The standard InChI is InChI=1S/C6H18B3N/c1-7(2)10(8(3)4)9(5)6/h1-6H3. The Bertz CT molecular complexity index is 74.0. The molecule has 0 aromatic heterocycles. The van der Waals surface area contributed by atoms with Crippen molar-refractivity contribution < 1.29 is 0 Å². The molecule has 0 aliphatic carbocycles. The van der Waals surface area contributed by atoms with Gasteiger partial charge in [0.15, 0.2) is 20.5 Å². The molecule has 0 radical (unpaired) electrons. The summed E-state index contributed by atoms with van der Waals surface area (Å²) in [6, 6.07) is 0. The third kappa shape index (κ3) is 2.83. The van der Waals surface area contributed by atoms with Gasteiger partial charge in [-0.25, -0.2) is 0 Å². The first-order valence-corrected chi connectivity index (χ1v) is 4.24. The highest BCUT2D eigenvalue weighted by molar-refractivity contribution is 6.84. The first kappa shape index (κ1) is 10.2. The van der Waals surface area contributed by atoms with Crippen LogP contribution in [-0.2, 0) is 0 Å². The molecule has 0 fully saturated rings. The monoisotopic (exact) mass is 137 g/mol. The van der Waals surface area contributed by atoms with Crippen molar-refractivity contribution in [3.05, 3.63) is 0 Å². The Morgan fingerprint density at radius 2 is 0.800 bits per heavy atom. The Morgan fingerprint density at radius 1 is 0.600 bits per heavy atom. The van der Waals surface area contributed by atoms with E-state index in [0.29, 0.717) is 20.5 Å². The van der Waals surface area contributed by atoms with E-state index < -0.39 is 0 Å². The highest BCUT2D eigenvalue weighted by Gasteiger charge is 2.21. The van der Waals surface area contributed by atoms with Crippen LogP contribution in [0.4, 0.5) is 0 Å². The van der Waals surface area contributed by atoms with Crippen LogP contribution in [0.2, 0.25) is 40.9 Å². The fraction of sp³-hybridized carbons (Fsp3) is 1.00. The molecule has 0 rings (SSSR count). The van der Waals surface area contributed by atoms with Crippen LogP contribution >= 0.6 is 0 Å². The lowest BCUT2D eigenvalue weighted by atomic mass is 9.40. The first-order chi connectivity index (χ1) is 4.46. The number of rotatable bonds is 3. The molecule has 0 unspecified atom stereocenters. The Balaban J connectivity index is 3.98. The Hall–Kier alpha value is 0.155. The zero-order valence-electron chi connectivity index (χ0n) is 8.18. The van der Waals surface area contributed by atoms with Crippen molar-refractivity contribution in [2.75, 3.05) is 0 Å². The maximum atomic E-state index is 2.50. The number of hydrogen-bond donors (Lipinski definition) is 0. The van der Waals surface area contributed by atoms with Crippen LogP contribution in [0.3, 0.4) is 0 Å². The summed E-state index contributed by atoms with van der Waals surface area (Å²) >= 11 is 0. The SMILES string of the molecule is CB(C)N(B(C)C)B(C)C. The second-order valence-corrected chi connectivity index (χ2v) is 3.73. The van der Waals surface area contributed by atoms with Crippen LogP contribution in [0.1, 0.15) is 0 Å². The summed E-state index contributed by atoms with van der Waals surface area (Å²) in [5, 5.41) is 0. The third-order valence-corrected chi connectivity index (χ3v) is 1.79. The molecule has 0 bridgehead atoms. The summed E-state index contributed by atoms with van der Waals surface area (Å²) in [5.74, 6) is 0. The molecule has 0 saturated carbocycles. The minimum Gasteiger partial charge on any atom is -0.428 e. The van der Waals surface area contributed by atoms with Crippen molar-refractivity contribution in [1.29, 1.82) is 0 Å². The molecule has 0 aliphatic rings. The third-order valence-electron chi connectivity index (χ3n) is 1.79. The van der Waals surface area contributed by atoms with Crippen LogP contribution < -0.4 is 0 Å². The molecular weight excluding hydrogens is 119 g/mol. The molecule has 10 heavy (non-hydrogen) atoms. The lowest BCUT2D eigenvalue weighted by Crippen LogP contribution is -2.49. The molecule has 0 aromatic rings. The van der Waals surface area contributed by atoms with Crippen molar-refractivity contribution in [2.24, 2.45) is 0 Å². The predicted molar refractivity (Wildman–Crippen MR) is 54.3 cm³/mol. The van der Waals surface area contributed by atoms with Gasteiger partial charge in [-0.3, -0.25) is 0 Å². The van der Waals surface area contributed by atoms with Gasteiger partial charge in [0.05, 0.1) is 0 Å². The van der Waals surface area contributed by atoms with E-state index in [0.717, 1.165) is 0 Å². The van der Waals surface area contributed by atoms with Gasteiger partial charge in [0, 0.05) is 0 Å². The summed E-state index contributed by atoms with van der Waals surface area (Å²) < 4.78 is 2.50. The molecule has 0 aromatic carbocycles. The molecule has 0 heterocycles. The van der Waals surface area contributed by atoms with Crippen molar-refractivity contribution in [1.82, 2.24) is 4.63 Å². The first-order valence-electron chi connectivity index (χ1n) is 4.24. The van der Waals surface area contributed by atoms with Crippen LogP contribution in [0.5, 0.6) is 0 Å². The molecule has 0 atom stereocenters. The van der Waals surface area contributed by atoms with Crippen LogP contribution in [0, 0.1) is 0 Å². The van der Waals surface area contributed by atoms with E-state index in [1.807, 2.05) is 0 Å². The predicted octanol–water partition coefficient (Wildman–Crippen LogP) is 2.04. The Morgan fingerprint density at radius 3 is 0.800 bits per heavy atom. The molecular formula is C6H18B3N. The molecule has 56 valence electrons. The van der Waals surface area contributed by atoms with E-state index in [1.165, 1.54) is 0 Å². The van der Waals surface area contributed by atoms with E-state index in [9.17, 15) is 0 Å². The van der Waals surface area contributed by atoms with Gasteiger partial charge in [0.25, 0.3) is 0 Å². The van der Waals surface area contributed by atoms with E-state index in [2.05, 4.69) is 45.6 Å². The highest BCUT2D eigenvalue weighted by atomic mass is 14.9. The van der Waals surface area contributed by atoms with E-state index >= 15 is 0 Å². The summed E-state index contributed by atoms with van der Waals surface area (Å²) in [6.07, 6.45) is 0. The van der Waals surface area contributed by atoms with Gasteiger partial charge in [-0.2, -0.15) is 0 Å². The molecule has 0 N–H and O–H groups in total. The summed E-state index contributed by atoms with van der Waals surface area (Å²) in [4.78, 5) is 0. The fourth-order valence-corrected chi connectivity index (χ4v) is 1.79. The topological polar surface area (TPSA) is 3.24 Å². The zero-order chi connectivity index (χ0) is 8.31. The van der Waals surface area contributed by atoms with Gasteiger partial charge in [0.1, 0.15) is 0 Å². The van der Waals surface area contributed by atoms with Gasteiger partial charge in [-0.05, 0) is 0 Å². The van der Waals surface area contributed by atoms with E-state index in [4.69, 9.17) is 0 Å². The zero-order valence-corrected chi connectivity index (χ0v) is 8.18. The van der Waals surface area contributed by atoms with Gasteiger partial charge in [-0.15, -0.1) is 0 Å². The second kappa shape index (κ2) is 4.12. The van der Waals surface area contributed by atoms with E-state index in [1.54, 1.807) is 0 Å². The smallest absolute Gasteiger partial charge is 0.194 e. The normalized spacial score (nSPS) is 9.90. The Kier molecular flexibility index (Phi) is 4.18. The maximum Gasteiger partial charge on any atom is 0.194 e. The fourth-order valence-electron chi connectivity index (χ4n) is 1.79. The number of nitrogens with zero attached hydrogens (tertiary/aromatic N) is 1. The molecule has 0 amide bonds. The van der Waals surface area contributed by atoms with E-state index in [-0.39, 0.29) is 0 Å². The molecule has 4 heteroatoms. The maximum absolute atomic E-state index is 2.50. The minimum absolute atomic E-state index is 0.667. The molecule has 0 spiro atoms. The summed E-state index contributed by atoms with van der Waals surface area (Å²) in [7, 11) is 0. The van der Waals surface area contributed by atoms with Gasteiger partial charge >= 0.3 is 0 Å². The molecule has 1 nitrogen and oxygen atoms in total. The largest absolute Gasteiger partial charge is 0.428 e. The second-order valence-electron chi connectivity index (χ2n) is 3.73. The van der Waals surface area contributed by atoms with Crippen LogP contribution in [0.25, 0.3) is 0 Å². The average Bonchev–Trinajstić information content (AvgIpc) is 1.59. The van der Waals surface area contributed by atoms with Gasteiger partial charge < -0.3 is 4.63 Å². The lowest BCUT2D eigenvalue weighted by molar-refractivity contribution is 1.00. The minimum atomic E-state index is 0.667. The van der Waals surface area contributed by atoms with Gasteiger partial charge in [-0.1, -0.05) is 40.9 Å². The molecule has 0 aliphatic heterocycles. The average molecular weight is 137 g/mol. The van der Waals surface area contributed by atoms with Crippen molar-refractivity contribution in [3.63, 3.8) is 0 Å². The highest BCUT2D eigenvalue weighted by Crippen LogP contribution is 2.02. The molecule has 0 saturated heterocycles. The quantitative estimate of drug-likeness (QED) is 0.537. The van der Waals surface area contributed by atoms with Crippen LogP contribution in [-0.4, -0.2) is 25.2 Å². The van der Waals surface area contributed by atoms with Crippen molar-refractivity contribution in [2.45, 2.75) is 40.9 Å². The van der Waals surface area contributed by atoms with Gasteiger partial charge in [0.2, 0.25) is 0 Å². The van der Waals surface area contributed by atoms with Crippen molar-refractivity contribution in [3.8, 4) is 0 Å². The van der Waals surface area contributed by atoms with Crippen molar-refractivity contribution >= 4 is 20.5 Å². The summed E-state index contributed by atoms with van der Waals surface area (Å²) in [5.41, 5.74) is 0. The number of hydrogen-bond acceptors (Lipinski definition) is 1. The summed E-state index contributed by atoms with van der Waals surface area (Å²) in [6.45, 7) is 15.5. The Labute approximate surface area is 66.9 Å². The van der Waals surface area contributed by atoms with Crippen LogP contribution in [0.15, 0.2) is 0 Å².